The summed E-state index contributed by atoms with van der Waals surface area (Å²) in [5, 5.41) is 28.7. The van der Waals surface area contributed by atoms with E-state index in [1.54, 1.807) is 0 Å². The molecule has 0 fully saturated rings. The lowest BCUT2D eigenvalue weighted by molar-refractivity contribution is -0.386. The van der Waals surface area contributed by atoms with E-state index in [-0.39, 0.29) is 10.0 Å². The van der Waals surface area contributed by atoms with Crippen molar-refractivity contribution in [3.05, 3.63) is 32.3 Å². The number of phenols is 1. The molecule has 0 bridgehead atoms. The number of carboxylic acids is 1. The minimum Gasteiger partial charge on any atom is -0.502 e. The minimum atomic E-state index is -1.52. The smallest absolute Gasteiger partial charge is 0.325 e. The number of nitrogens with zero attached hydrogens (tertiary/aromatic N) is 1. The number of benzene rings is 1. The molecule has 1 atom stereocenters. The van der Waals surface area contributed by atoms with E-state index in [0.717, 1.165) is 6.07 Å². The third kappa shape index (κ3) is 2.28. The molecular weight excluding hydrogens is 284 g/mol. The Morgan fingerprint density at radius 3 is 2.56 bits per heavy atom. The molecule has 0 unspecified atom stereocenters. The molecule has 0 aliphatic heterocycles. The van der Waals surface area contributed by atoms with Crippen LogP contribution in [0.3, 0.4) is 0 Å². The Morgan fingerprint density at radius 2 is 2.12 bits per heavy atom. The Morgan fingerprint density at radius 1 is 1.56 bits per heavy atom. The number of phenolic OH excluding ortho intramolecular Hbond substituents is 1. The van der Waals surface area contributed by atoms with Crippen molar-refractivity contribution in [3.63, 3.8) is 0 Å². The third-order valence-corrected chi connectivity index (χ3v) is 2.34. The van der Waals surface area contributed by atoms with Crippen molar-refractivity contribution in [2.75, 3.05) is 0 Å². The molecule has 0 radical (unpaired) electrons. The number of hydrogen-bond acceptors (Lipinski definition) is 5. The zero-order valence-corrected chi connectivity index (χ0v) is 9.34. The number of rotatable bonds is 3. The summed E-state index contributed by atoms with van der Waals surface area (Å²) in [4.78, 5) is 20.4. The summed E-state index contributed by atoms with van der Waals surface area (Å²) >= 11 is 2.97. The lowest BCUT2D eigenvalue weighted by atomic mass is 10.1. The molecule has 8 heteroatoms. The molecule has 4 N–H and O–H groups in total. The van der Waals surface area contributed by atoms with Gasteiger partial charge in [-0.3, -0.25) is 14.9 Å². The van der Waals surface area contributed by atoms with Crippen LogP contribution in [-0.2, 0) is 4.79 Å². The van der Waals surface area contributed by atoms with E-state index in [4.69, 9.17) is 10.8 Å². The number of nitrogens with two attached hydrogens (primary N) is 1. The maximum atomic E-state index is 10.6. The number of nitro benzene ring substituents is 1. The molecule has 1 aromatic rings. The number of carboxylic acid groups (broad SMARTS) is 1. The van der Waals surface area contributed by atoms with Crippen molar-refractivity contribution in [1.29, 1.82) is 0 Å². The van der Waals surface area contributed by atoms with Gasteiger partial charge in [-0.15, -0.1) is 0 Å². The fraction of sp³-hybridized carbons (Fsp3) is 0.125. The second-order valence-electron chi connectivity index (χ2n) is 2.94. The van der Waals surface area contributed by atoms with E-state index < -0.39 is 28.4 Å². The van der Waals surface area contributed by atoms with Gasteiger partial charge in [0, 0.05) is 16.1 Å². The number of halogens is 1. The van der Waals surface area contributed by atoms with E-state index in [9.17, 15) is 20.0 Å². The molecule has 0 spiro atoms. The molecule has 0 amide bonds. The summed E-state index contributed by atoms with van der Waals surface area (Å²) < 4.78 is 0.267. The number of carbonyl (C=O) groups is 1. The van der Waals surface area contributed by atoms with E-state index in [2.05, 4.69) is 15.9 Å². The molecule has 0 saturated carbocycles. The van der Waals surface area contributed by atoms with Gasteiger partial charge in [0.05, 0.1) is 4.92 Å². The fourth-order valence-electron chi connectivity index (χ4n) is 1.11. The first-order valence-corrected chi connectivity index (χ1v) is 4.79. The van der Waals surface area contributed by atoms with Gasteiger partial charge in [-0.2, -0.15) is 0 Å². The lowest BCUT2D eigenvalue weighted by Crippen LogP contribution is -2.21. The highest BCUT2D eigenvalue weighted by molar-refractivity contribution is 9.10. The van der Waals surface area contributed by atoms with Gasteiger partial charge < -0.3 is 15.9 Å². The van der Waals surface area contributed by atoms with E-state index in [1.165, 1.54) is 6.07 Å². The normalized spacial score (nSPS) is 12.1. The Bertz CT molecular complexity index is 462. The predicted octanol–water partition coefficient (Wildman–Crippen LogP) is 1.15. The van der Waals surface area contributed by atoms with Crippen LogP contribution in [0, 0.1) is 10.1 Å². The van der Waals surface area contributed by atoms with E-state index >= 15 is 0 Å². The van der Waals surface area contributed by atoms with Gasteiger partial charge >= 0.3 is 11.7 Å². The van der Waals surface area contributed by atoms with Gasteiger partial charge in [0.2, 0.25) is 0 Å². The number of aromatic hydroxyl groups is 1. The third-order valence-electron chi connectivity index (χ3n) is 1.88. The van der Waals surface area contributed by atoms with Crippen molar-refractivity contribution < 1.29 is 19.9 Å². The quantitative estimate of drug-likeness (QED) is 0.566. The average Bonchev–Trinajstić information content (AvgIpc) is 2.19. The summed E-state index contributed by atoms with van der Waals surface area (Å²) in [5.74, 6) is -2.12. The number of aliphatic carboxylic acids is 1. The average molecular weight is 291 g/mol. The zero-order valence-electron chi connectivity index (χ0n) is 7.75. The second kappa shape index (κ2) is 4.45. The van der Waals surface area contributed by atoms with E-state index in [0.29, 0.717) is 0 Å². The second-order valence-corrected chi connectivity index (χ2v) is 3.85. The van der Waals surface area contributed by atoms with Crippen LogP contribution in [-0.4, -0.2) is 21.1 Å². The standard InChI is InChI=1S/C8H7BrN2O5/c9-3-1-4(6(10)8(13)14)7(12)5(2-3)11(15)16/h1-2,6,12H,10H2,(H,13,14)/t6-/m0/s1. The molecule has 0 saturated heterocycles. The van der Waals surface area contributed by atoms with Crippen molar-refractivity contribution in [2.24, 2.45) is 5.73 Å². The molecule has 0 aromatic heterocycles. The SMILES string of the molecule is N[C@H](C(=O)O)c1cc(Br)cc([N+](=O)[O-])c1O. The van der Waals surface area contributed by atoms with Crippen LogP contribution in [0.4, 0.5) is 5.69 Å². The van der Waals surface area contributed by atoms with Crippen LogP contribution >= 0.6 is 15.9 Å². The van der Waals surface area contributed by atoms with Crippen molar-refractivity contribution >= 4 is 27.6 Å². The first-order chi connectivity index (χ1) is 7.34. The zero-order chi connectivity index (χ0) is 12.5. The van der Waals surface area contributed by atoms with Crippen LogP contribution < -0.4 is 5.73 Å². The Kier molecular flexibility index (Phi) is 3.45. The largest absolute Gasteiger partial charge is 0.502 e. The van der Waals surface area contributed by atoms with Crippen LogP contribution in [0.25, 0.3) is 0 Å². The van der Waals surface area contributed by atoms with Crippen molar-refractivity contribution in [1.82, 2.24) is 0 Å². The maximum absolute atomic E-state index is 10.6. The predicted molar refractivity (Wildman–Crippen MR) is 57.0 cm³/mol. The minimum absolute atomic E-state index is 0.214. The first-order valence-electron chi connectivity index (χ1n) is 3.99. The number of hydrogen-bond donors (Lipinski definition) is 3. The summed E-state index contributed by atoms with van der Waals surface area (Å²) in [5.41, 5.74) is 4.46. The van der Waals surface area contributed by atoms with E-state index in [1.807, 2.05) is 0 Å². The summed E-state index contributed by atoms with van der Waals surface area (Å²) in [6.07, 6.45) is 0. The topological polar surface area (TPSA) is 127 Å². The van der Waals surface area contributed by atoms with Gasteiger partial charge in [-0.25, -0.2) is 0 Å². The molecular formula is C8H7BrN2O5. The molecule has 0 aliphatic carbocycles. The Hall–Kier alpha value is -1.67. The van der Waals surface area contributed by atoms with Gasteiger partial charge in [0.1, 0.15) is 6.04 Å². The van der Waals surface area contributed by atoms with Crippen LogP contribution in [0.1, 0.15) is 11.6 Å². The van der Waals surface area contributed by atoms with Crippen LogP contribution in [0.5, 0.6) is 5.75 Å². The Balaban J connectivity index is 3.40. The molecule has 16 heavy (non-hydrogen) atoms. The number of nitro groups is 1. The van der Waals surface area contributed by atoms with Gasteiger partial charge in [0.15, 0.2) is 5.75 Å². The van der Waals surface area contributed by atoms with Crippen LogP contribution in [0.15, 0.2) is 16.6 Å². The summed E-state index contributed by atoms with van der Waals surface area (Å²) in [6, 6.07) is 0.769. The highest BCUT2D eigenvalue weighted by Gasteiger charge is 2.25. The Labute approximate surface area is 97.8 Å². The summed E-state index contributed by atoms with van der Waals surface area (Å²) in [6.45, 7) is 0. The maximum Gasteiger partial charge on any atom is 0.325 e. The highest BCUT2D eigenvalue weighted by atomic mass is 79.9. The molecule has 1 rings (SSSR count). The molecule has 0 aliphatic rings. The van der Waals surface area contributed by atoms with Crippen LogP contribution in [0.2, 0.25) is 0 Å². The van der Waals surface area contributed by atoms with Gasteiger partial charge in [-0.1, -0.05) is 15.9 Å². The summed E-state index contributed by atoms with van der Waals surface area (Å²) in [7, 11) is 0. The van der Waals surface area contributed by atoms with Gasteiger partial charge in [0.25, 0.3) is 0 Å². The fourth-order valence-corrected chi connectivity index (χ4v) is 1.58. The lowest BCUT2D eigenvalue weighted by Gasteiger charge is -2.09. The molecule has 7 nitrogen and oxygen atoms in total. The molecule has 1 aromatic carbocycles. The first kappa shape index (κ1) is 12.4. The van der Waals surface area contributed by atoms with Crippen molar-refractivity contribution in [2.45, 2.75) is 6.04 Å². The van der Waals surface area contributed by atoms with Crippen molar-refractivity contribution in [3.8, 4) is 5.75 Å². The van der Waals surface area contributed by atoms with Gasteiger partial charge in [-0.05, 0) is 6.07 Å². The molecule has 0 heterocycles. The highest BCUT2D eigenvalue weighted by Crippen LogP contribution is 2.36. The molecule has 86 valence electrons. The monoisotopic (exact) mass is 290 g/mol.